The average molecular weight is 445 g/mol. The Morgan fingerprint density at radius 2 is 1.73 bits per heavy atom. The number of methoxy groups -OCH3 is 1. The summed E-state index contributed by atoms with van der Waals surface area (Å²) in [6, 6.07) is 19.8. The van der Waals surface area contributed by atoms with Gasteiger partial charge in [0.1, 0.15) is 12.4 Å². The van der Waals surface area contributed by atoms with E-state index in [9.17, 15) is 9.59 Å². The van der Waals surface area contributed by atoms with Gasteiger partial charge >= 0.3 is 0 Å². The number of amides is 1. The van der Waals surface area contributed by atoms with E-state index in [0.29, 0.717) is 29.5 Å². The molecule has 0 aliphatic heterocycles. The van der Waals surface area contributed by atoms with Gasteiger partial charge in [-0.25, -0.2) is 0 Å². The van der Waals surface area contributed by atoms with Gasteiger partial charge in [-0.15, -0.1) is 15.3 Å². The largest absolute Gasteiger partial charge is 0.497 e. The molecule has 33 heavy (non-hydrogen) atoms. The summed E-state index contributed by atoms with van der Waals surface area (Å²) in [4.78, 5) is 24.1. The Bertz CT molecular complexity index is 1240. The number of hydrogen-bond donors (Lipinski definition) is 1. The summed E-state index contributed by atoms with van der Waals surface area (Å²) in [5, 5.41) is 15.5. The van der Waals surface area contributed by atoms with Gasteiger partial charge in [0.05, 0.1) is 13.7 Å². The molecular formula is C24H23N5O4. The number of nitrogens with zero attached hydrogens (tertiary/aromatic N) is 4. The third-order valence-electron chi connectivity index (χ3n) is 4.94. The van der Waals surface area contributed by atoms with Crippen molar-refractivity contribution in [1.82, 2.24) is 25.1 Å². The van der Waals surface area contributed by atoms with E-state index in [1.807, 2.05) is 30.3 Å². The molecule has 2 aromatic heterocycles. The molecule has 0 unspecified atom stereocenters. The van der Waals surface area contributed by atoms with Crippen LogP contribution < -0.4 is 14.8 Å². The second-order valence-electron chi connectivity index (χ2n) is 7.18. The zero-order valence-electron chi connectivity index (χ0n) is 18.1. The van der Waals surface area contributed by atoms with E-state index in [1.54, 1.807) is 48.0 Å². The van der Waals surface area contributed by atoms with Crippen LogP contribution in [0.15, 0.2) is 66.7 Å². The van der Waals surface area contributed by atoms with Gasteiger partial charge in [-0.05, 0) is 30.3 Å². The fourth-order valence-electron chi connectivity index (χ4n) is 3.20. The molecule has 0 aliphatic rings. The van der Waals surface area contributed by atoms with Crippen molar-refractivity contribution in [2.45, 2.75) is 12.8 Å². The molecule has 9 heteroatoms. The molecule has 4 rings (SSSR count). The summed E-state index contributed by atoms with van der Waals surface area (Å²) in [7, 11) is 1.61. The minimum Gasteiger partial charge on any atom is -0.497 e. The standard InChI is InChI=1S/C24H23N5O4/c1-32-19-9-7-18(8-10-19)24-27-26-21-12-14-23(28-29(21)24)33-16-15-25-22(31)13-11-20(30)17-5-3-2-4-6-17/h2-10,12,14H,11,13,15-16H2,1H3,(H,25,31). The highest BCUT2D eigenvalue weighted by molar-refractivity contribution is 5.97. The lowest BCUT2D eigenvalue weighted by atomic mass is 10.1. The van der Waals surface area contributed by atoms with E-state index in [4.69, 9.17) is 9.47 Å². The van der Waals surface area contributed by atoms with Crippen molar-refractivity contribution >= 4 is 17.3 Å². The molecule has 2 aromatic carbocycles. The highest BCUT2D eigenvalue weighted by Crippen LogP contribution is 2.21. The van der Waals surface area contributed by atoms with Crippen LogP contribution in [0.4, 0.5) is 0 Å². The molecule has 1 amide bonds. The molecule has 168 valence electrons. The normalized spacial score (nSPS) is 10.7. The Labute approximate surface area is 190 Å². The third-order valence-corrected chi connectivity index (χ3v) is 4.94. The van der Waals surface area contributed by atoms with Crippen LogP contribution in [0.2, 0.25) is 0 Å². The van der Waals surface area contributed by atoms with Gasteiger partial charge in [-0.2, -0.15) is 4.52 Å². The predicted molar refractivity (Wildman–Crippen MR) is 121 cm³/mol. The van der Waals surface area contributed by atoms with E-state index < -0.39 is 0 Å². The predicted octanol–water partition coefficient (Wildman–Crippen LogP) is 2.96. The zero-order valence-corrected chi connectivity index (χ0v) is 18.1. The molecule has 2 heterocycles. The molecule has 0 spiro atoms. The average Bonchev–Trinajstić information content (AvgIpc) is 3.29. The van der Waals surface area contributed by atoms with Crippen LogP contribution >= 0.6 is 0 Å². The maximum absolute atomic E-state index is 12.1. The number of benzene rings is 2. The highest BCUT2D eigenvalue weighted by atomic mass is 16.5. The van der Waals surface area contributed by atoms with Gasteiger partial charge in [0.15, 0.2) is 17.3 Å². The van der Waals surface area contributed by atoms with Crippen LogP contribution in [0.5, 0.6) is 11.6 Å². The van der Waals surface area contributed by atoms with Crippen molar-refractivity contribution in [1.29, 1.82) is 0 Å². The van der Waals surface area contributed by atoms with Gasteiger partial charge in [0.25, 0.3) is 0 Å². The van der Waals surface area contributed by atoms with Gasteiger partial charge in [-0.1, -0.05) is 30.3 Å². The Morgan fingerprint density at radius 3 is 2.48 bits per heavy atom. The van der Waals surface area contributed by atoms with Gasteiger partial charge in [0, 0.05) is 30.0 Å². The summed E-state index contributed by atoms with van der Waals surface area (Å²) >= 11 is 0. The van der Waals surface area contributed by atoms with Gasteiger partial charge < -0.3 is 14.8 Å². The molecular weight excluding hydrogens is 422 g/mol. The smallest absolute Gasteiger partial charge is 0.231 e. The molecule has 0 bridgehead atoms. The number of ether oxygens (including phenoxy) is 2. The van der Waals surface area contributed by atoms with Crippen LogP contribution in [-0.2, 0) is 4.79 Å². The molecule has 9 nitrogen and oxygen atoms in total. The minimum atomic E-state index is -0.202. The molecule has 0 saturated carbocycles. The van der Waals surface area contributed by atoms with E-state index in [-0.39, 0.29) is 31.1 Å². The fourth-order valence-corrected chi connectivity index (χ4v) is 3.20. The van der Waals surface area contributed by atoms with Crippen molar-refractivity contribution in [3.8, 4) is 23.0 Å². The van der Waals surface area contributed by atoms with Crippen molar-refractivity contribution in [2.24, 2.45) is 0 Å². The quantitative estimate of drug-likeness (QED) is 0.295. The molecule has 1 N–H and O–H groups in total. The van der Waals surface area contributed by atoms with Gasteiger partial charge in [-0.3, -0.25) is 9.59 Å². The lowest BCUT2D eigenvalue weighted by molar-refractivity contribution is -0.121. The third kappa shape index (κ3) is 5.51. The first-order valence-electron chi connectivity index (χ1n) is 10.5. The topological polar surface area (TPSA) is 108 Å². The van der Waals surface area contributed by atoms with E-state index in [0.717, 1.165) is 11.3 Å². The SMILES string of the molecule is COc1ccc(-c2nnc3ccc(OCCNC(=O)CCC(=O)c4ccccc4)nn23)cc1. The maximum Gasteiger partial charge on any atom is 0.231 e. The second kappa shape index (κ2) is 10.4. The monoisotopic (exact) mass is 445 g/mol. The number of hydrogen-bond acceptors (Lipinski definition) is 7. The molecule has 0 atom stereocenters. The number of carbonyl (C=O) groups excluding carboxylic acids is 2. The van der Waals surface area contributed by atoms with Crippen LogP contribution in [0, 0.1) is 0 Å². The summed E-state index contributed by atoms with van der Waals surface area (Å²) in [5.74, 6) is 1.45. The van der Waals surface area contributed by atoms with Crippen molar-refractivity contribution < 1.29 is 19.1 Å². The summed E-state index contributed by atoms with van der Waals surface area (Å²) < 4.78 is 12.5. The summed E-state index contributed by atoms with van der Waals surface area (Å²) in [5.41, 5.74) is 2.04. The first-order valence-corrected chi connectivity index (χ1v) is 10.5. The van der Waals surface area contributed by atoms with Gasteiger partial charge in [0.2, 0.25) is 11.8 Å². The Kier molecular flexibility index (Phi) is 6.89. The number of ketones is 1. The number of Topliss-reactive ketones (excluding diaryl/α,β-unsaturated/α-hetero) is 1. The van der Waals surface area contributed by atoms with Crippen LogP contribution in [0.3, 0.4) is 0 Å². The second-order valence-corrected chi connectivity index (χ2v) is 7.18. The number of nitrogens with one attached hydrogen (secondary N) is 1. The highest BCUT2D eigenvalue weighted by Gasteiger charge is 2.11. The molecule has 0 fully saturated rings. The molecule has 0 radical (unpaired) electrons. The van der Waals surface area contributed by atoms with Crippen molar-refractivity contribution in [2.75, 3.05) is 20.3 Å². The van der Waals surface area contributed by atoms with Crippen LogP contribution in [0.25, 0.3) is 17.0 Å². The lowest BCUT2D eigenvalue weighted by Crippen LogP contribution is -2.28. The van der Waals surface area contributed by atoms with Crippen molar-refractivity contribution in [3.63, 3.8) is 0 Å². The fraction of sp³-hybridized carbons (Fsp3) is 0.208. The molecule has 0 aliphatic carbocycles. The van der Waals surface area contributed by atoms with E-state index >= 15 is 0 Å². The Morgan fingerprint density at radius 1 is 0.939 bits per heavy atom. The molecule has 0 saturated heterocycles. The van der Waals surface area contributed by atoms with Crippen LogP contribution in [0.1, 0.15) is 23.2 Å². The summed E-state index contributed by atoms with van der Waals surface area (Å²) in [6.45, 7) is 0.530. The van der Waals surface area contributed by atoms with E-state index in [1.165, 1.54) is 0 Å². The molecule has 4 aromatic rings. The van der Waals surface area contributed by atoms with Crippen LogP contribution in [-0.4, -0.2) is 51.8 Å². The first-order chi connectivity index (χ1) is 16.1. The maximum atomic E-state index is 12.1. The number of fused-ring (bicyclic) bond motifs is 1. The number of carbonyl (C=O) groups is 2. The minimum absolute atomic E-state index is 0.0545. The summed E-state index contributed by atoms with van der Waals surface area (Å²) in [6.07, 6.45) is 0.292. The number of aromatic nitrogens is 4. The lowest BCUT2D eigenvalue weighted by Gasteiger charge is -2.08. The first kappa shape index (κ1) is 21.9. The number of rotatable bonds is 10. The van der Waals surface area contributed by atoms with Crippen molar-refractivity contribution in [3.05, 3.63) is 72.3 Å². The zero-order chi connectivity index (χ0) is 23.0. The Hall–Kier alpha value is -4.27. The Balaban J connectivity index is 1.28. The van der Waals surface area contributed by atoms with E-state index in [2.05, 4.69) is 20.6 Å².